The predicted molar refractivity (Wildman–Crippen MR) is 255 cm³/mol. The Labute approximate surface area is 372 Å². The minimum absolute atomic E-state index is 0. The molecule has 60 heavy (non-hydrogen) atoms. The van der Waals surface area contributed by atoms with Crippen LogP contribution in [0, 0.1) is 87.8 Å². The molecule has 0 aromatic carbocycles. The zero-order valence-corrected chi connectivity index (χ0v) is 39.2. The van der Waals surface area contributed by atoms with E-state index in [1.165, 1.54) is 96.3 Å². The lowest BCUT2D eigenvalue weighted by Crippen LogP contribution is -2.51. The second-order valence-corrected chi connectivity index (χ2v) is 23.8. The van der Waals surface area contributed by atoms with Crippen molar-refractivity contribution < 1.29 is 20.4 Å². The Morgan fingerprint density at radius 3 is 1.63 bits per heavy atom. The summed E-state index contributed by atoms with van der Waals surface area (Å²) in [6, 6.07) is 0. The first-order chi connectivity index (χ1) is 27.6. The van der Waals surface area contributed by atoms with Gasteiger partial charge in [0, 0.05) is 0 Å². The molecule has 0 aliphatic heterocycles. The van der Waals surface area contributed by atoms with Crippen LogP contribution in [0.3, 0.4) is 0 Å². The van der Waals surface area contributed by atoms with Gasteiger partial charge in [0.05, 0.1) is 23.4 Å². The lowest BCUT2D eigenvalue weighted by atomic mass is 9.48. The number of rotatable bonds is 12. The molecule has 7 saturated carbocycles. The van der Waals surface area contributed by atoms with Crippen LogP contribution < -0.4 is 0 Å². The summed E-state index contributed by atoms with van der Waals surface area (Å²) in [5, 5.41) is 41.8. The van der Waals surface area contributed by atoms with Crippen LogP contribution in [-0.4, -0.2) is 43.8 Å². The third-order valence-corrected chi connectivity index (χ3v) is 21.4. The molecule has 19 atom stereocenters. The second kappa shape index (κ2) is 20.4. The van der Waals surface area contributed by atoms with Crippen molar-refractivity contribution in [1.82, 2.24) is 0 Å². The fourth-order valence-electron chi connectivity index (χ4n) is 17.6. The number of aliphatic hydroxyl groups excluding tert-OH is 2. The summed E-state index contributed by atoms with van der Waals surface area (Å²) in [4.78, 5) is 0. The van der Waals surface area contributed by atoms with Crippen molar-refractivity contribution in [1.29, 1.82) is 0 Å². The van der Waals surface area contributed by atoms with Crippen LogP contribution in [-0.2, 0) is 0 Å². The average molecular weight is 839 g/mol. The van der Waals surface area contributed by atoms with Gasteiger partial charge in [0.15, 0.2) is 0 Å². The molecule has 7 fully saturated rings. The zero-order valence-electron chi connectivity index (χ0n) is 39.2. The van der Waals surface area contributed by atoms with Crippen molar-refractivity contribution >= 4 is 0 Å². The van der Waals surface area contributed by atoms with Crippen LogP contribution >= 0.6 is 0 Å². The summed E-state index contributed by atoms with van der Waals surface area (Å²) in [6.45, 7) is 18.8. The minimum atomic E-state index is -0.421. The normalized spacial score (nSPS) is 46.1. The van der Waals surface area contributed by atoms with Crippen LogP contribution in [0.5, 0.6) is 0 Å². The molecular weight excluding hydrogens is 737 g/mol. The number of aliphatic hydroxyl groups is 4. The Morgan fingerprint density at radius 1 is 0.567 bits per heavy atom. The standard InChI is InChI=1S/C27H48O2.C27H46O2.2CH4/c2*1-5-20(28)9-7-18(3)24-11-12-25-23-10-8-19-17-27(29,6-2)16-14-21(19)22(23)13-15-26(24,25)4;;/h18-25,28-29H,5-17H2,1-4H3;8,18,20-25,28-29H,5-7,9-17H2,1-4H3;2*1H4/t18-,19+,20+,21+,22-,23-,24-,25+,26-,27+;18-,20+,21+,22-,23-,24-,25+,26-,27+;;/m11../s1. The highest BCUT2D eigenvalue weighted by Crippen LogP contribution is 2.67. The number of hydrogen-bond donors (Lipinski definition) is 4. The Hall–Kier alpha value is -0.420. The molecule has 4 N–H and O–H groups in total. The number of allylic oxidation sites excluding steroid dienone is 1. The van der Waals surface area contributed by atoms with Crippen LogP contribution in [0.25, 0.3) is 0 Å². The van der Waals surface area contributed by atoms with Gasteiger partial charge in [-0.05, 0) is 248 Å². The van der Waals surface area contributed by atoms with E-state index in [9.17, 15) is 20.4 Å². The van der Waals surface area contributed by atoms with Gasteiger partial charge in [-0.2, -0.15) is 0 Å². The van der Waals surface area contributed by atoms with Gasteiger partial charge in [-0.15, -0.1) is 0 Å². The molecule has 0 spiro atoms. The van der Waals surface area contributed by atoms with Crippen LogP contribution in [0.2, 0.25) is 0 Å². The Morgan fingerprint density at radius 2 is 1.08 bits per heavy atom. The molecule has 0 aromatic rings. The maximum absolute atomic E-state index is 10.9. The minimum Gasteiger partial charge on any atom is -0.393 e. The van der Waals surface area contributed by atoms with E-state index in [-0.39, 0.29) is 32.7 Å². The van der Waals surface area contributed by atoms with E-state index in [1.54, 1.807) is 5.57 Å². The number of fused-ring (bicyclic) bond motifs is 10. The van der Waals surface area contributed by atoms with Crippen molar-refractivity contribution in [2.75, 3.05) is 0 Å². The van der Waals surface area contributed by atoms with Crippen LogP contribution in [0.1, 0.15) is 231 Å². The molecule has 8 rings (SSSR count). The van der Waals surface area contributed by atoms with Crippen molar-refractivity contribution in [3.05, 3.63) is 11.6 Å². The van der Waals surface area contributed by atoms with Crippen LogP contribution in [0.15, 0.2) is 11.6 Å². The maximum atomic E-state index is 10.9. The smallest absolute Gasteiger partial charge is 0.0682 e. The Bertz CT molecular complexity index is 1380. The van der Waals surface area contributed by atoms with Gasteiger partial charge in [0.2, 0.25) is 0 Å². The van der Waals surface area contributed by atoms with Gasteiger partial charge >= 0.3 is 0 Å². The Kier molecular flexibility index (Phi) is 17.2. The van der Waals surface area contributed by atoms with E-state index >= 15 is 0 Å². The third kappa shape index (κ3) is 9.74. The van der Waals surface area contributed by atoms with Crippen molar-refractivity contribution in [2.24, 2.45) is 87.8 Å². The highest BCUT2D eigenvalue weighted by atomic mass is 16.3. The van der Waals surface area contributed by atoms with E-state index in [1.807, 2.05) is 0 Å². The molecule has 8 aliphatic carbocycles. The fraction of sp³-hybridized carbons (Fsp3) is 0.964. The molecule has 0 radical (unpaired) electrons. The molecule has 0 aromatic heterocycles. The molecule has 0 amide bonds. The molecule has 0 saturated heterocycles. The first-order valence-corrected chi connectivity index (χ1v) is 26.1. The maximum Gasteiger partial charge on any atom is 0.0682 e. The number of hydrogen-bond acceptors (Lipinski definition) is 4. The summed E-state index contributed by atoms with van der Waals surface area (Å²) >= 11 is 0. The van der Waals surface area contributed by atoms with Crippen LogP contribution in [0.4, 0.5) is 0 Å². The van der Waals surface area contributed by atoms with Gasteiger partial charge in [-0.3, -0.25) is 0 Å². The largest absolute Gasteiger partial charge is 0.393 e. The highest BCUT2D eigenvalue weighted by Gasteiger charge is 2.59. The van der Waals surface area contributed by atoms with Gasteiger partial charge in [0.1, 0.15) is 0 Å². The van der Waals surface area contributed by atoms with E-state index < -0.39 is 5.60 Å². The molecule has 4 nitrogen and oxygen atoms in total. The van der Waals surface area contributed by atoms with Crippen molar-refractivity contribution in [3.63, 3.8) is 0 Å². The second-order valence-electron chi connectivity index (χ2n) is 23.8. The summed E-state index contributed by atoms with van der Waals surface area (Å²) < 4.78 is 0. The van der Waals surface area contributed by atoms with E-state index in [2.05, 4.69) is 61.5 Å². The van der Waals surface area contributed by atoms with E-state index in [4.69, 9.17) is 0 Å². The topological polar surface area (TPSA) is 80.9 Å². The first-order valence-electron chi connectivity index (χ1n) is 26.1. The van der Waals surface area contributed by atoms with Gasteiger partial charge in [-0.1, -0.05) is 81.9 Å². The average Bonchev–Trinajstić information content (AvgIpc) is 3.78. The molecule has 0 unspecified atom stereocenters. The monoisotopic (exact) mass is 839 g/mol. The lowest BCUT2D eigenvalue weighted by Gasteiger charge is -2.57. The zero-order chi connectivity index (χ0) is 41.6. The van der Waals surface area contributed by atoms with Crippen molar-refractivity contribution in [3.8, 4) is 0 Å². The van der Waals surface area contributed by atoms with Gasteiger partial charge in [0.25, 0.3) is 0 Å². The quantitative estimate of drug-likeness (QED) is 0.148. The molecule has 8 aliphatic rings. The molecule has 0 heterocycles. The molecule has 0 bridgehead atoms. The van der Waals surface area contributed by atoms with Gasteiger partial charge < -0.3 is 20.4 Å². The fourth-order valence-corrected chi connectivity index (χ4v) is 17.6. The lowest BCUT2D eigenvalue weighted by molar-refractivity contribution is -0.109. The predicted octanol–water partition coefficient (Wildman–Crippen LogP) is 14.4. The molecular formula is C56H102O4. The van der Waals surface area contributed by atoms with E-state index in [0.29, 0.717) is 10.8 Å². The molecule has 350 valence electrons. The third-order valence-electron chi connectivity index (χ3n) is 21.4. The van der Waals surface area contributed by atoms with Crippen molar-refractivity contribution in [2.45, 2.75) is 254 Å². The first kappa shape index (κ1) is 50.6. The van der Waals surface area contributed by atoms with Gasteiger partial charge in [-0.25, -0.2) is 0 Å². The SMILES string of the molecule is C.C.CC[C@H](O)CC[C@@H](C)[C@H]1CC[C@H]2[C@@H]3CC=C4C[C@](O)(CC)CC[C@@H]4[C@H]3CC[C@]12C.CC[C@H](O)CC[C@@H](C)[C@H]1CC[C@H]2[C@@H]3CC[C@H]4C[C@](O)(CC)CC[C@@H]4[C@H]3CC[C@]12C. The summed E-state index contributed by atoms with van der Waals surface area (Å²) in [5.74, 6) is 11.2. The summed E-state index contributed by atoms with van der Waals surface area (Å²) in [5.41, 5.74) is 1.90. The summed E-state index contributed by atoms with van der Waals surface area (Å²) in [6.07, 6.45) is 32.5. The summed E-state index contributed by atoms with van der Waals surface area (Å²) in [7, 11) is 0. The highest BCUT2D eigenvalue weighted by molar-refractivity contribution is 5.22. The Balaban J connectivity index is 0.000000220. The molecule has 4 heteroatoms. The van der Waals surface area contributed by atoms with E-state index in [0.717, 1.165) is 141 Å².